The molecule has 2 rings (SSSR count). The molecule has 0 spiro atoms. The fourth-order valence-corrected chi connectivity index (χ4v) is 2.32. The molecule has 0 bridgehead atoms. The van der Waals surface area contributed by atoms with Crippen molar-refractivity contribution in [1.82, 2.24) is 0 Å². The maximum absolute atomic E-state index is 5.62. The van der Waals surface area contributed by atoms with Crippen LogP contribution in [-0.2, 0) is 9.31 Å². The molecule has 1 aromatic carbocycles. The van der Waals surface area contributed by atoms with Crippen LogP contribution in [0.4, 0.5) is 0 Å². The SMILES string of the molecule is CCOc1cc(Br)c(OC)cc1B1OCCCO1. The Morgan fingerprint density at radius 1 is 1.28 bits per heavy atom. The summed E-state index contributed by atoms with van der Waals surface area (Å²) in [6.07, 6.45) is 0.925. The Morgan fingerprint density at radius 3 is 2.61 bits per heavy atom. The Kier molecular flexibility index (Phi) is 4.91. The summed E-state index contributed by atoms with van der Waals surface area (Å²) in [7, 11) is 1.26. The van der Waals surface area contributed by atoms with Crippen LogP contribution >= 0.6 is 15.9 Å². The largest absolute Gasteiger partial charge is 0.497 e. The minimum atomic E-state index is -0.373. The molecule has 1 aliphatic rings. The molecular weight excluding hydrogens is 299 g/mol. The number of methoxy groups -OCH3 is 1. The van der Waals surface area contributed by atoms with Crippen LogP contribution in [0.25, 0.3) is 0 Å². The molecule has 0 atom stereocenters. The number of ether oxygens (including phenoxy) is 2. The molecule has 0 N–H and O–H groups in total. The minimum Gasteiger partial charge on any atom is -0.496 e. The van der Waals surface area contributed by atoms with Crippen LogP contribution in [0.5, 0.6) is 11.5 Å². The first-order valence-electron chi connectivity index (χ1n) is 5.99. The molecule has 1 aliphatic heterocycles. The van der Waals surface area contributed by atoms with Gasteiger partial charge in [-0.25, -0.2) is 0 Å². The van der Waals surface area contributed by atoms with Crippen LogP contribution in [0.3, 0.4) is 0 Å². The second kappa shape index (κ2) is 6.45. The van der Waals surface area contributed by atoms with Crippen molar-refractivity contribution in [2.75, 3.05) is 26.9 Å². The van der Waals surface area contributed by atoms with E-state index in [-0.39, 0.29) is 7.12 Å². The van der Waals surface area contributed by atoms with E-state index < -0.39 is 0 Å². The van der Waals surface area contributed by atoms with Crippen molar-refractivity contribution < 1.29 is 18.8 Å². The topological polar surface area (TPSA) is 36.9 Å². The fraction of sp³-hybridized carbons (Fsp3) is 0.500. The van der Waals surface area contributed by atoms with E-state index in [1.807, 2.05) is 19.1 Å². The lowest BCUT2D eigenvalue weighted by Crippen LogP contribution is -2.41. The first-order chi connectivity index (χ1) is 8.76. The van der Waals surface area contributed by atoms with Gasteiger partial charge in [-0.1, -0.05) is 0 Å². The molecule has 1 heterocycles. The molecule has 0 aliphatic carbocycles. The molecule has 0 radical (unpaired) electrons. The number of hydrogen-bond donors (Lipinski definition) is 0. The zero-order chi connectivity index (χ0) is 13.0. The Labute approximate surface area is 116 Å². The van der Waals surface area contributed by atoms with Gasteiger partial charge in [-0.3, -0.25) is 0 Å². The standard InChI is InChI=1S/C12H16BBrO4/c1-3-16-11-8-10(14)12(15-2)7-9(11)13-17-5-4-6-18-13/h7-8H,3-6H2,1-2H3. The van der Waals surface area contributed by atoms with Crippen molar-refractivity contribution in [3.63, 3.8) is 0 Å². The van der Waals surface area contributed by atoms with E-state index >= 15 is 0 Å². The van der Waals surface area contributed by atoms with Crippen molar-refractivity contribution in [3.8, 4) is 11.5 Å². The van der Waals surface area contributed by atoms with Crippen LogP contribution in [-0.4, -0.2) is 34.0 Å². The van der Waals surface area contributed by atoms with Gasteiger partial charge in [0.15, 0.2) is 0 Å². The van der Waals surface area contributed by atoms with Gasteiger partial charge in [0.25, 0.3) is 0 Å². The molecule has 0 aromatic heterocycles. The number of rotatable bonds is 4. The van der Waals surface area contributed by atoms with Crippen molar-refractivity contribution >= 4 is 28.5 Å². The highest BCUT2D eigenvalue weighted by molar-refractivity contribution is 9.10. The van der Waals surface area contributed by atoms with Crippen molar-refractivity contribution in [3.05, 3.63) is 16.6 Å². The van der Waals surface area contributed by atoms with Crippen LogP contribution in [0.15, 0.2) is 16.6 Å². The van der Waals surface area contributed by atoms with Gasteiger partial charge in [0.05, 0.1) is 18.2 Å². The van der Waals surface area contributed by atoms with Gasteiger partial charge in [0.1, 0.15) is 11.5 Å². The lowest BCUT2D eigenvalue weighted by atomic mass is 9.77. The van der Waals surface area contributed by atoms with E-state index in [0.717, 1.165) is 27.9 Å². The summed E-state index contributed by atoms with van der Waals surface area (Å²) in [4.78, 5) is 0. The highest BCUT2D eigenvalue weighted by atomic mass is 79.9. The predicted molar refractivity (Wildman–Crippen MR) is 73.8 cm³/mol. The van der Waals surface area contributed by atoms with Gasteiger partial charge >= 0.3 is 7.12 Å². The van der Waals surface area contributed by atoms with Gasteiger partial charge in [0, 0.05) is 18.7 Å². The molecule has 6 heteroatoms. The van der Waals surface area contributed by atoms with Crippen LogP contribution in [0.1, 0.15) is 13.3 Å². The van der Waals surface area contributed by atoms with E-state index in [1.54, 1.807) is 7.11 Å². The van der Waals surface area contributed by atoms with Gasteiger partial charge in [-0.05, 0) is 41.4 Å². The quantitative estimate of drug-likeness (QED) is 0.797. The zero-order valence-electron chi connectivity index (χ0n) is 10.6. The van der Waals surface area contributed by atoms with Gasteiger partial charge < -0.3 is 18.8 Å². The molecule has 1 saturated heterocycles. The molecule has 98 valence electrons. The maximum Gasteiger partial charge on any atom is 0.497 e. The molecule has 4 nitrogen and oxygen atoms in total. The molecule has 18 heavy (non-hydrogen) atoms. The van der Waals surface area contributed by atoms with Crippen molar-refractivity contribution in [2.45, 2.75) is 13.3 Å². The van der Waals surface area contributed by atoms with E-state index in [1.165, 1.54) is 0 Å². The predicted octanol–water partition coefficient (Wildman–Crippen LogP) is 1.99. The van der Waals surface area contributed by atoms with E-state index in [2.05, 4.69) is 15.9 Å². The number of halogens is 1. The van der Waals surface area contributed by atoms with E-state index in [9.17, 15) is 0 Å². The monoisotopic (exact) mass is 314 g/mol. The Hall–Kier alpha value is -0.715. The average Bonchev–Trinajstić information content (AvgIpc) is 2.40. The zero-order valence-corrected chi connectivity index (χ0v) is 12.2. The summed E-state index contributed by atoms with van der Waals surface area (Å²) >= 11 is 3.45. The lowest BCUT2D eigenvalue weighted by Gasteiger charge is -2.22. The second-order valence-electron chi connectivity index (χ2n) is 3.88. The molecule has 1 fully saturated rings. The van der Waals surface area contributed by atoms with Crippen LogP contribution in [0.2, 0.25) is 0 Å². The summed E-state index contributed by atoms with van der Waals surface area (Å²) in [5, 5.41) is 0. The fourth-order valence-electron chi connectivity index (χ4n) is 1.84. The molecule has 1 aromatic rings. The molecule has 0 amide bonds. The van der Waals surface area contributed by atoms with Crippen LogP contribution < -0.4 is 14.9 Å². The van der Waals surface area contributed by atoms with Gasteiger partial charge in [-0.2, -0.15) is 0 Å². The van der Waals surface area contributed by atoms with Crippen molar-refractivity contribution in [1.29, 1.82) is 0 Å². The Morgan fingerprint density at radius 2 is 2.00 bits per heavy atom. The lowest BCUT2D eigenvalue weighted by molar-refractivity contribution is 0.143. The first-order valence-corrected chi connectivity index (χ1v) is 6.79. The van der Waals surface area contributed by atoms with Crippen LogP contribution in [0, 0.1) is 0 Å². The summed E-state index contributed by atoms with van der Waals surface area (Å²) in [5.41, 5.74) is 0.872. The van der Waals surface area contributed by atoms with Gasteiger partial charge in [0.2, 0.25) is 0 Å². The first kappa shape index (κ1) is 13.7. The average molecular weight is 315 g/mol. The smallest absolute Gasteiger partial charge is 0.496 e. The van der Waals surface area contributed by atoms with E-state index in [4.69, 9.17) is 18.8 Å². The normalized spacial score (nSPS) is 15.6. The maximum atomic E-state index is 5.62. The van der Waals surface area contributed by atoms with E-state index in [0.29, 0.717) is 19.8 Å². The second-order valence-corrected chi connectivity index (χ2v) is 4.74. The van der Waals surface area contributed by atoms with Gasteiger partial charge in [-0.15, -0.1) is 0 Å². The Balaban J connectivity index is 2.34. The third-order valence-electron chi connectivity index (χ3n) is 2.67. The summed E-state index contributed by atoms with van der Waals surface area (Å²) in [6.45, 7) is 3.95. The third kappa shape index (κ3) is 2.99. The molecule has 0 unspecified atom stereocenters. The number of benzene rings is 1. The molecule has 0 saturated carbocycles. The summed E-state index contributed by atoms with van der Waals surface area (Å²) in [5.74, 6) is 1.50. The summed E-state index contributed by atoms with van der Waals surface area (Å²) in [6, 6.07) is 3.78. The highest BCUT2D eigenvalue weighted by Crippen LogP contribution is 2.28. The Bertz CT molecular complexity index is 407. The third-order valence-corrected chi connectivity index (χ3v) is 3.28. The highest BCUT2D eigenvalue weighted by Gasteiger charge is 2.29. The van der Waals surface area contributed by atoms with Crippen molar-refractivity contribution in [2.24, 2.45) is 0 Å². The summed E-state index contributed by atoms with van der Waals surface area (Å²) < 4.78 is 23.0. The number of hydrogen-bond acceptors (Lipinski definition) is 4. The molecular formula is C12H16BBrO4. The minimum absolute atomic E-state index is 0.373.